The molecule has 3 nitrogen and oxygen atoms in total. The van der Waals surface area contributed by atoms with Gasteiger partial charge in [0.2, 0.25) is 0 Å². The van der Waals surface area contributed by atoms with Crippen molar-refractivity contribution in [2.24, 2.45) is 5.92 Å². The summed E-state index contributed by atoms with van der Waals surface area (Å²) < 4.78 is 11.6. The van der Waals surface area contributed by atoms with Crippen LogP contribution in [-0.4, -0.2) is 33.9 Å². The monoisotopic (exact) mass is 311 g/mol. The molecule has 23 heavy (non-hydrogen) atoms. The van der Waals surface area contributed by atoms with E-state index in [1.54, 1.807) is 0 Å². The van der Waals surface area contributed by atoms with Gasteiger partial charge < -0.3 is 14.4 Å². The summed E-state index contributed by atoms with van der Waals surface area (Å²) in [7, 11) is 4.13. The second-order valence-electron chi connectivity index (χ2n) is 6.43. The third kappa shape index (κ3) is 3.67. The summed E-state index contributed by atoms with van der Waals surface area (Å²) in [6, 6.07) is 14.9. The molecule has 0 spiro atoms. The van der Waals surface area contributed by atoms with E-state index in [4.69, 9.17) is 9.47 Å². The van der Waals surface area contributed by atoms with Gasteiger partial charge in [-0.2, -0.15) is 0 Å². The molecule has 1 aliphatic heterocycles. The van der Waals surface area contributed by atoms with Crippen LogP contribution in [0.15, 0.2) is 42.5 Å². The predicted molar refractivity (Wildman–Crippen MR) is 95.4 cm³/mol. The molecule has 2 aromatic rings. The van der Waals surface area contributed by atoms with Gasteiger partial charge in [-0.3, -0.25) is 0 Å². The van der Waals surface area contributed by atoms with Crippen LogP contribution in [-0.2, 0) is 4.74 Å². The molecule has 0 aliphatic carbocycles. The van der Waals surface area contributed by atoms with Gasteiger partial charge in [0.25, 0.3) is 0 Å². The number of aryl methyl sites for hydroxylation is 1. The number of ether oxygens (including phenoxy) is 2. The summed E-state index contributed by atoms with van der Waals surface area (Å²) in [6.07, 6.45) is 1.09. The van der Waals surface area contributed by atoms with Gasteiger partial charge in [0, 0.05) is 37.9 Å². The fourth-order valence-corrected chi connectivity index (χ4v) is 2.92. The minimum Gasteiger partial charge on any atom is -0.493 e. The highest BCUT2D eigenvalue weighted by molar-refractivity contribution is 5.76. The van der Waals surface area contributed by atoms with Crippen LogP contribution in [0.4, 0.5) is 5.69 Å². The number of hydrogen-bond donors (Lipinski definition) is 0. The highest BCUT2D eigenvalue weighted by atomic mass is 16.5. The first-order chi connectivity index (χ1) is 11.1. The van der Waals surface area contributed by atoms with Crippen molar-refractivity contribution < 1.29 is 9.47 Å². The van der Waals surface area contributed by atoms with Gasteiger partial charge in [-0.15, -0.1) is 0 Å². The van der Waals surface area contributed by atoms with Crippen LogP contribution in [0, 0.1) is 12.8 Å². The molecule has 0 saturated carbocycles. The maximum absolute atomic E-state index is 6.14. The molecule has 1 heterocycles. The average Bonchev–Trinajstić information content (AvgIpc) is 3.07. The first-order valence-corrected chi connectivity index (χ1v) is 8.23. The van der Waals surface area contributed by atoms with E-state index in [9.17, 15) is 0 Å². The Labute approximate surface area is 138 Å². The Bertz CT molecular complexity index is 660. The number of rotatable bonds is 5. The Hall–Kier alpha value is -2.00. The summed E-state index contributed by atoms with van der Waals surface area (Å²) in [5.74, 6) is 1.47. The summed E-state index contributed by atoms with van der Waals surface area (Å²) in [6.45, 7) is 4.55. The third-order valence-electron chi connectivity index (χ3n) is 4.41. The maximum atomic E-state index is 6.14. The van der Waals surface area contributed by atoms with Crippen molar-refractivity contribution in [1.82, 2.24) is 0 Å². The molecule has 1 saturated heterocycles. The molecule has 0 N–H and O–H groups in total. The second kappa shape index (κ2) is 7.05. The predicted octanol–water partition coefficient (Wildman–Crippen LogP) is 4.14. The fraction of sp³-hybridized carbons (Fsp3) is 0.400. The highest BCUT2D eigenvalue weighted by Gasteiger charge is 2.17. The Kier molecular flexibility index (Phi) is 4.87. The quantitative estimate of drug-likeness (QED) is 0.828. The van der Waals surface area contributed by atoms with E-state index in [2.05, 4.69) is 62.3 Å². The Morgan fingerprint density at radius 1 is 1.13 bits per heavy atom. The van der Waals surface area contributed by atoms with Crippen molar-refractivity contribution in [2.75, 3.05) is 38.8 Å². The number of anilines is 1. The maximum Gasteiger partial charge on any atom is 0.127 e. The molecular weight excluding hydrogens is 286 g/mol. The minimum absolute atomic E-state index is 0.511. The summed E-state index contributed by atoms with van der Waals surface area (Å²) >= 11 is 0. The minimum atomic E-state index is 0.511. The molecule has 0 radical (unpaired) electrons. The molecular formula is C20H25NO2. The summed E-state index contributed by atoms with van der Waals surface area (Å²) in [5.41, 5.74) is 4.85. The molecule has 3 rings (SSSR count). The van der Waals surface area contributed by atoms with E-state index < -0.39 is 0 Å². The van der Waals surface area contributed by atoms with Crippen molar-refractivity contribution >= 4 is 5.69 Å². The van der Waals surface area contributed by atoms with Crippen molar-refractivity contribution in [3.63, 3.8) is 0 Å². The van der Waals surface area contributed by atoms with E-state index in [-0.39, 0.29) is 0 Å². The van der Waals surface area contributed by atoms with Crippen molar-refractivity contribution in [1.29, 1.82) is 0 Å². The largest absolute Gasteiger partial charge is 0.493 e. The standard InChI is InChI=1S/C20H25NO2/c1-15-8-9-17(21(2)3)12-19(15)18-6-4-5-7-20(18)23-14-16-10-11-22-13-16/h4-9,12,16H,10-11,13-14H2,1-3H3. The van der Waals surface area contributed by atoms with Crippen LogP contribution in [0.2, 0.25) is 0 Å². The molecule has 1 aliphatic rings. The van der Waals surface area contributed by atoms with Crippen LogP contribution >= 0.6 is 0 Å². The van der Waals surface area contributed by atoms with E-state index in [0.717, 1.165) is 37.6 Å². The van der Waals surface area contributed by atoms with Gasteiger partial charge >= 0.3 is 0 Å². The molecule has 1 atom stereocenters. The molecule has 2 aromatic carbocycles. The van der Waals surface area contributed by atoms with Crippen molar-refractivity contribution in [3.05, 3.63) is 48.0 Å². The third-order valence-corrected chi connectivity index (χ3v) is 4.41. The van der Waals surface area contributed by atoms with Gasteiger partial charge in [-0.25, -0.2) is 0 Å². The number of benzene rings is 2. The van der Waals surface area contributed by atoms with Gasteiger partial charge in [0.1, 0.15) is 5.75 Å². The number of para-hydroxylation sites is 1. The summed E-state index contributed by atoms with van der Waals surface area (Å²) in [4.78, 5) is 2.13. The summed E-state index contributed by atoms with van der Waals surface area (Å²) in [5, 5.41) is 0. The molecule has 0 bridgehead atoms. The zero-order valence-corrected chi connectivity index (χ0v) is 14.2. The molecule has 1 unspecified atom stereocenters. The first-order valence-electron chi connectivity index (χ1n) is 8.23. The van der Waals surface area contributed by atoms with E-state index >= 15 is 0 Å². The zero-order chi connectivity index (χ0) is 16.2. The van der Waals surface area contributed by atoms with Crippen molar-refractivity contribution in [2.45, 2.75) is 13.3 Å². The van der Waals surface area contributed by atoms with Gasteiger partial charge in [-0.05, 0) is 42.7 Å². The lowest BCUT2D eigenvalue weighted by molar-refractivity contribution is 0.167. The van der Waals surface area contributed by atoms with Crippen LogP contribution in [0.3, 0.4) is 0 Å². The molecule has 0 aromatic heterocycles. The normalized spacial score (nSPS) is 17.3. The lowest BCUT2D eigenvalue weighted by atomic mass is 9.98. The Balaban J connectivity index is 1.88. The van der Waals surface area contributed by atoms with Crippen molar-refractivity contribution in [3.8, 4) is 16.9 Å². The zero-order valence-electron chi connectivity index (χ0n) is 14.2. The number of hydrogen-bond acceptors (Lipinski definition) is 3. The first kappa shape index (κ1) is 15.9. The fourth-order valence-electron chi connectivity index (χ4n) is 2.92. The lowest BCUT2D eigenvalue weighted by Gasteiger charge is -2.18. The molecule has 122 valence electrons. The molecule has 1 fully saturated rings. The Morgan fingerprint density at radius 3 is 2.70 bits per heavy atom. The molecule has 3 heteroatoms. The second-order valence-corrected chi connectivity index (χ2v) is 6.43. The van der Waals surface area contributed by atoms with E-state index in [0.29, 0.717) is 5.92 Å². The average molecular weight is 311 g/mol. The van der Waals surface area contributed by atoms with Crippen LogP contribution < -0.4 is 9.64 Å². The van der Waals surface area contributed by atoms with E-state index in [1.165, 1.54) is 16.8 Å². The molecule has 0 amide bonds. The van der Waals surface area contributed by atoms with Gasteiger partial charge in [0.05, 0.1) is 13.2 Å². The number of nitrogens with zero attached hydrogens (tertiary/aromatic N) is 1. The van der Waals surface area contributed by atoms with Crippen LogP contribution in [0.1, 0.15) is 12.0 Å². The lowest BCUT2D eigenvalue weighted by Crippen LogP contribution is -2.12. The smallest absolute Gasteiger partial charge is 0.127 e. The topological polar surface area (TPSA) is 21.7 Å². The van der Waals surface area contributed by atoms with Gasteiger partial charge in [-0.1, -0.05) is 24.3 Å². The highest BCUT2D eigenvalue weighted by Crippen LogP contribution is 2.34. The van der Waals surface area contributed by atoms with Crippen LogP contribution in [0.5, 0.6) is 5.75 Å². The SMILES string of the molecule is Cc1ccc(N(C)C)cc1-c1ccccc1OCC1CCOC1. The van der Waals surface area contributed by atoms with Crippen LogP contribution in [0.25, 0.3) is 11.1 Å². The Morgan fingerprint density at radius 2 is 1.96 bits per heavy atom. The van der Waals surface area contributed by atoms with Gasteiger partial charge in [0.15, 0.2) is 0 Å². The van der Waals surface area contributed by atoms with E-state index in [1.807, 2.05) is 6.07 Å².